The average molecular weight is 257 g/mol. The zero-order valence-electron chi connectivity index (χ0n) is 9.89. The summed E-state index contributed by atoms with van der Waals surface area (Å²) >= 11 is 0. The van der Waals surface area contributed by atoms with Crippen molar-refractivity contribution < 1.29 is 8.42 Å². The van der Waals surface area contributed by atoms with Crippen LogP contribution in [0.5, 0.6) is 0 Å². The SMILES string of the molecule is CCCC(N)CNc1ccc(S(N)(=O)=O)cc1. The van der Waals surface area contributed by atoms with Gasteiger partial charge in [-0.25, -0.2) is 13.6 Å². The molecule has 0 saturated carbocycles. The van der Waals surface area contributed by atoms with Gasteiger partial charge in [0.1, 0.15) is 0 Å². The van der Waals surface area contributed by atoms with E-state index in [4.69, 9.17) is 10.9 Å². The Bertz CT molecular complexity index is 442. The molecule has 0 aliphatic heterocycles. The van der Waals surface area contributed by atoms with Crippen LogP contribution in [-0.2, 0) is 10.0 Å². The Labute approximate surface area is 102 Å². The van der Waals surface area contributed by atoms with Gasteiger partial charge in [-0.1, -0.05) is 13.3 Å². The maximum absolute atomic E-state index is 11.0. The Morgan fingerprint density at radius 1 is 1.29 bits per heavy atom. The molecule has 5 nitrogen and oxygen atoms in total. The molecule has 1 atom stereocenters. The second kappa shape index (κ2) is 6.00. The molecule has 96 valence electrons. The second-order valence-electron chi connectivity index (χ2n) is 4.00. The third-order valence-electron chi connectivity index (χ3n) is 2.41. The largest absolute Gasteiger partial charge is 0.383 e. The van der Waals surface area contributed by atoms with Crippen LogP contribution in [0.25, 0.3) is 0 Å². The van der Waals surface area contributed by atoms with Crippen LogP contribution in [-0.4, -0.2) is 21.0 Å². The van der Waals surface area contributed by atoms with E-state index in [0.29, 0.717) is 6.54 Å². The number of anilines is 1. The van der Waals surface area contributed by atoms with Crippen molar-refractivity contribution in [1.29, 1.82) is 0 Å². The highest BCUT2D eigenvalue weighted by atomic mass is 32.2. The Kier molecular flexibility index (Phi) is 4.92. The number of sulfonamides is 1. The van der Waals surface area contributed by atoms with Gasteiger partial charge in [0.05, 0.1) is 4.90 Å². The summed E-state index contributed by atoms with van der Waals surface area (Å²) in [4.78, 5) is 0.112. The van der Waals surface area contributed by atoms with Gasteiger partial charge in [-0.3, -0.25) is 0 Å². The standard InChI is InChI=1S/C11H19N3O2S/c1-2-3-9(12)8-14-10-4-6-11(7-5-10)17(13,15)16/h4-7,9,14H,2-3,8,12H2,1H3,(H2,13,15,16). The fourth-order valence-electron chi connectivity index (χ4n) is 1.48. The number of hydrogen-bond donors (Lipinski definition) is 3. The minimum atomic E-state index is -3.61. The van der Waals surface area contributed by atoms with Crippen molar-refractivity contribution >= 4 is 15.7 Å². The van der Waals surface area contributed by atoms with E-state index < -0.39 is 10.0 Å². The van der Waals surface area contributed by atoms with Crippen LogP contribution in [0.2, 0.25) is 0 Å². The van der Waals surface area contributed by atoms with Gasteiger partial charge in [-0.05, 0) is 30.7 Å². The fraction of sp³-hybridized carbons (Fsp3) is 0.455. The van der Waals surface area contributed by atoms with E-state index in [2.05, 4.69) is 12.2 Å². The molecule has 6 heteroatoms. The molecule has 0 saturated heterocycles. The van der Waals surface area contributed by atoms with Crippen molar-refractivity contribution in [2.24, 2.45) is 10.9 Å². The quantitative estimate of drug-likeness (QED) is 0.704. The lowest BCUT2D eigenvalue weighted by Crippen LogP contribution is -2.28. The van der Waals surface area contributed by atoms with Crippen LogP contribution in [0.1, 0.15) is 19.8 Å². The lowest BCUT2D eigenvalue weighted by Gasteiger charge is -2.12. The minimum Gasteiger partial charge on any atom is -0.383 e. The van der Waals surface area contributed by atoms with Gasteiger partial charge in [0.25, 0.3) is 0 Å². The summed E-state index contributed by atoms with van der Waals surface area (Å²) in [6, 6.07) is 6.42. The summed E-state index contributed by atoms with van der Waals surface area (Å²) in [5, 5.41) is 8.15. The van der Waals surface area contributed by atoms with Gasteiger partial charge >= 0.3 is 0 Å². The molecule has 0 aliphatic carbocycles. The van der Waals surface area contributed by atoms with Gasteiger partial charge in [0.15, 0.2) is 0 Å². The molecule has 17 heavy (non-hydrogen) atoms. The van der Waals surface area contributed by atoms with Crippen LogP contribution in [0.15, 0.2) is 29.2 Å². The first-order valence-electron chi connectivity index (χ1n) is 5.56. The number of primary sulfonamides is 1. The molecule has 0 fully saturated rings. The third-order valence-corrected chi connectivity index (χ3v) is 3.34. The topological polar surface area (TPSA) is 98.2 Å². The number of rotatable bonds is 6. The zero-order valence-corrected chi connectivity index (χ0v) is 10.7. The maximum Gasteiger partial charge on any atom is 0.238 e. The molecule has 0 heterocycles. The van der Waals surface area contributed by atoms with Crippen LogP contribution in [0.3, 0.4) is 0 Å². The summed E-state index contributed by atoms with van der Waals surface area (Å²) in [6.07, 6.45) is 2.01. The normalized spacial score (nSPS) is 13.4. The molecule has 0 bridgehead atoms. The zero-order chi connectivity index (χ0) is 12.9. The van der Waals surface area contributed by atoms with E-state index in [-0.39, 0.29) is 10.9 Å². The molecule has 0 aromatic heterocycles. The van der Waals surface area contributed by atoms with Crippen LogP contribution >= 0.6 is 0 Å². The smallest absolute Gasteiger partial charge is 0.238 e. The second-order valence-corrected chi connectivity index (χ2v) is 5.56. The van der Waals surface area contributed by atoms with Crippen molar-refractivity contribution in [3.05, 3.63) is 24.3 Å². The molecule has 0 aliphatic rings. The monoisotopic (exact) mass is 257 g/mol. The van der Waals surface area contributed by atoms with Crippen LogP contribution in [0, 0.1) is 0 Å². The van der Waals surface area contributed by atoms with E-state index in [1.807, 2.05) is 0 Å². The highest BCUT2D eigenvalue weighted by Gasteiger charge is 2.06. The van der Waals surface area contributed by atoms with E-state index in [1.165, 1.54) is 12.1 Å². The number of nitrogens with two attached hydrogens (primary N) is 2. The van der Waals surface area contributed by atoms with Gasteiger partial charge < -0.3 is 11.1 Å². The highest BCUT2D eigenvalue weighted by molar-refractivity contribution is 7.89. The molecule has 5 N–H and O–H groups in total. The maximum atomic E-state index is 11.0. The molecular formula is C11H19N3O2S. The molecule has 0 amide bonds. The minimum absolute atomic E-state index is 0.109. The van der Waals surface area contributed by atoms with Crippen molar-refractivity contribution in [1.82, 2.24) is 0 Å². The highest BCUT2D eigenvalue weighted by Crippen LogP contribution is 2.12. The molecule has 1 aromatic carbocycles. The molecule has 0 spiro atoms. The first kappa shape index (κ1) is 14.0. The third kappa shape index (κ3) is 4.72. The van der Waals surface area contributed by atoms with Crippen molar-refractivity contribution in [3.8, 4) is 0 Å². The molecular weight excluding hydrogens is 238 g/mol. The Morgan fingerprint density at radius 3 is 2.35 bits per heavy atom. The summed E-state index contributed by atoms with van der Waals surface area (Å²) in [6.45, 7) is 2.75. The summed E-state index contributed by atoms with van der Waals surface area (Å²) in [5.41, 5.74) is 6.69. The van der Waals surface area contributed by atoms with Crippen molar-refractivity contribution in [3.63, 3.8) is 0 Å². The number of benzene rings is 1. The predicted molar refractivity (Wildman–Crippen MR) is 69.2 cm³/mol. The van der Waals surface area contributed by atoms with Crippen molar-refractivity contribution in [2.75, 3.05) is 11.9 Å². The molecule has 1 aromatic rings. The fourth-order valence-corrected chi connectivity index (χ4v) is 2.00. The number of hydrogen-bond acceptors (Lipinski definition) is 4. The van der Waals surface area contributed by atoms with Crippen LogP contribution < -0.4 is 16.2 Å². The number of nitrogens with one attached hydrogen (secondary N) is 1. The van der Waals surface area contributed by atoms with E-state index in [9.17, 15) is 8.42 Å². The van der Waals surface area contributed by atoms with E-state index in [1.54, 1.807) is 12.1 Å². The van der Waals surface area contributed by atoms with Gasteiger partial charge in [0, 0.05) is 18.3 Å². The summed E-state index contributed by atoms with van der Waals surface area (Å²) < 4.78 is 22.1. The predicted octanol–water partition coefficient (Wildman–Crippen LogP) is 0.873. The lowest BCUT2D eigenvalue weighted by atomic mass is 10.2. The van der Waals surface area contributed by atoms with Gasteiger partial charge in [-0.2, -0.15) is 0 Å². The Morgan fingerprint density at radius 2 is 1.88 bits per heavy atom. The lowest BCUT2D eigenvalue weighted by molar-refractivity contribution is 0.598. The molecule has 1 unspecified atom stereocenters. The van der Waals surface area contributed by atoms with E-state index >= 15 is 0 Å². The summed E-state index contributed by atoms with van der Waals surface area (Å²) in [7, 11) is -3.61. The first-order chi connectivity index (χ1) is 7.93. The molecule has 1 rings (SSSR count). The first-order valence-corrected chi connectivity index (χ1v) is 7.10. The van der Waals surface area contributed by atoms with Crippen LogP contribution in [0.4, 0.5) is 5.69 Å². The van der Waals surface area contributed by atoms with E-state index in [0.717, 1.165) is 18.5 Å². The van der Waals surface area contributed by atoms with Crippen molar-refractivity contribution in [2.45, 2.75) is 30.7 Å². The average Bonchev–Trinajstić information content (AvgIpc) is 2.26. The van der Waals surface area contributed by atoms with Gasteiger partial charge in [-0.15, -0.1) is 0 Å². The van der Waals surface area contributed by atoms with Gasteiger partial charge in [0.2, 0.25) is 10.0 Å². The Balaban J connectivity index is 2.57. The summed E-state index contributed by atoms with van der Waals surface area (Å²) in [5.74, 6) is 0. The Hall–Kier alpha value is -1.11. The molecule has 0 radical (unpaired) electrons.